The van der Waals surface area contributed by atoms with E-state index in [1.165, 1.54) is 5.56 Å². The van der Waals surface area contributed by atoms with Crippen molar-refractivity contribution >= 4 is 38.5 Å². The van der Waals surface area contributed by atoms with Gasteiger partial charge in [-0.2, -0.15) is 0 Å². The third-order valence-corrected chi connectivity index (χ3v) is 4.17. The molecule has 17 heavy (non-hydrogen) atoms. The van der Waals surface area contributed by atoms with Crippen LogP contribution in [0.5, 0.6) is 0 Å². The molecule has 1 aromatic carbocycles. The van der Waals surface area contributed by atoms with E-state index in [2.05, 4.69) is 60.2 Å². The summed E-state index contributed by atoms with van der Waals surface area (Å²) in [6.07, 6.45) is 1.14. The molecule has 0 unspecified atom stereocenters. The van der Waals surface area contributed by atoms with Crippen molar-refractivity contribution in [1.29, 1.82) is 0 Å². The molecule has 0 radical (unpaired) electrons. The first-order valence-electron chi connectivity index (χ1n) is 5.72. The van der Waals surface area contributed by atoms with Crippen LogP contribution in [0.2, 0.25) is 0 Å². The van der Waals surface area contributed by atoms with Crippen LogP contribution in [0.1, 0.15) is 25.8 Å². The normalized spacial score (nSPS) is 18.7. The molecule has 0 saturated carbocycles. The monoisotopic (exact) mass is 312 g/mol. The van der Waals surface area contributed by atoms with Gasteiger partial charge in [0, 0.05) is 15.9 Å². The fraction of sp³-hybridized carbons (Fsp3) is 0.462. The minimum atomic E-state index is 0.0630. The van der Waals surface area contributed by atoms with Crippen LogP contribution >= 0.6 is 27.7 Å². The van der Waals surface area contributed by atoms with Crippen LogP contribution in [-0.2, 0) is 0 Å². The number of aryl methyl sites for hydroxylation is 1. The molecular weight excluding hydrogens is 296 g/mol. The van der Waals surface area contributed by atoms with Crippen LogP contribution in [0.25, 0.3) is 0 Å². The van der Waals surface area contributed by atoms with Gasteiger partial charge in [0.1, 0.15) is 0 Å². The Bertz CT molecular complexity index is 455. The number of halogens is 1. The summed E-state index contributed by atoms with van der Waals surface area (Å²) in [6, 6.07) is 6.26. The Balaban J connectivity index is 2.21. The average Bonchev–Trinajstić information content (AvgIpc) is 2.22. The lowest BCUT2D eigenvalue weighted by Crippen LogP contribution is -2.27. The van der Waals surface area contributed by atoms with Gasteiger partial charge in [0.15, 0.2) is 5.17 Å². The minimum absolute atomic E-state index is 0.0630. The van der Waals surface area contributed by atoms with Crippen LogP contribution < -0.4 is 5.32 Å². The number of nitrogens with one attached hydrogen (secondary N) is 1. The number of hydrogen-bond acceptors (Lipinski definition) is 3. The molecule has 1 heterocycles. The number of aliphatic imine (C=N–C) groups is 1. The van der Waals surface area contributed by atoms with Crippen molar-refractivity contribution in [2.45, 2.75) is 32.7 Å². The molecule has 0 spiro atoms. The second kappa shape index (κ2) is 5.02. The van der Waals surface area contributed by atoms with Gasteiger partial charge in [-0.15, -0.1) is 0 Å². The number of anilines is 1. The topological polar surface area (TPSA) is 24.4 Å². The predicted molar refractivity (Wildman–Crippen MR) is 81.1 cm³/mol. The summed E-state index contributed by atoms with van der Waals surface area (Å²) in [5.41, 5.74) is 2.43. The van der Waals surface area contributed by atoms with E-state index in [-0.39, 0.29) is 5.54 Å². The molecule has 1 N–H and O–H groups in total. The molecule has 2 rings (SSSR count). The maximum atomic E-state index is 4.73. The number of nitrogens with zero attached hydrogens (tertiary/aromatic N) is 1. The number of benzene rings is 1. The molecule has 1 aliphatic heterocycles. The first-order valence-corrected chi connectivity index (χ1v) is 7.50. The summed E-state index contributed by atoms with van der Waals surface area (Å²) in [6.45, 7) is 6.47. The second-order valence-electron chi connectivity index (χ2n) is 4.91. The highest BCUT2D eigenvalue weighted by Crippen LogP contribution is 2.28. The fourth-order valence-corrected chi connectivity index (χ4v) is 3.32. The molecule has 1 aromatic rings. The molecule has 0 bridgehead atoms. The van der Waals surface area contributed by atoms with E-state index in [9.17, 15) is 0 Å². The van der Waals surface area contributed by atoms with Crippen LogP contribution in [0.15, 0.2) is 27.7 Å². The van der Waals surface area contributed by atoms with E-state index in [1.807, 2.05) is 0 Å². The quantitative estimate of drug-likeness (QED) is 0.829. The fourth-order valence-electron chi connectivity index (χ4n) is 1.67. The van der Waals surface area contributed by atoms with Crippen molar-refractivity contribution in [3.8, 4) is 0 Å². The number of hydrogen-bond donors (Lipinski definition) is 1. The number of thioether (sulfide) groups is 1. The van der Waals surface area contributed by atoms with Crippen molar-refractivity contribution in [2.24, 2.45) is 4.99 Å². The highest BCUT2D eigenvalue weighted by molar-refractivity contribution is 9.10. The number of rotatable bonds is 1. The van der Waals surface area contributed by atoms with E-state index in [1.54, 1.807) is 11.8 Å². The van der Waals surface area contributed by atoms with Gasteiger partial charge in [-0.3, -0.25) is 4.99 Å². The van der Waals surface area contributed by atoms with Crippen molar-refractivity contribution in [2.75, 3.05) is 11.1 Å². The predicted octanol–water partition coefficient (Wildman–Crippen LogP) is 4.44. The Morgan fingerprint density at radius 3 is 2.88 bits per heavy atom. The Morgan fingerprint density at radius 1 is 1.41 bits per heavy atom. The minimum Gasteiger partial charge on any atom is -0.335 e. The SMILES string of the molecule is Cc1ccc(Br)cc1NC1=NC(C)(C)CCS1. The largest absolute Gasteiger partial charge is 0.335 e. The molecule has 2 nitrogen and oxygen atoms in total. The van der Waals surface area contributed by atoms with Crippen molar-refractivity contribution < 1.29 is 0 Å². The first-order chi connectivity index (χ1) is 7.96. The lowest BCUT2D eigenvalue weighted by atomic mass is 10.0. The van der Waals surface area contributed by atoms with Gasteiger partial charge in [-0.1, -0.05) is 33.8 Å². The highest BCUT2D eigenvalue weighted by Gasteiger charge is 2.22. The van der Waals surface area contributed by atoms with Gasteiger partial charge in [0.05, 0.1) is 5.54 Å². The average molecular weight is 313 g/mol. The van der Waals surface area contributed by atoms with Gasteiger partial charge in [0.2, 0.25) is 0 Å². The van der Waals surface area contributed by atoms with E-state index < -0.39 is 0 Å². The van der Waals surface area contributed by atoms with Gasteiger partial charge < -0.3 is 5.32 Å². The first kappa shape index (κ1) is 13.0. The third kappa shape index (κ3) is 3.49. The summed E-state index contributed by atoms with van der Waals surface area (Å²) < 4.78 is 1.09. The Labute approximate surface area is 115 Å². The van der Waals surface area contributed by atoms with Crippen LogP contribution in [-0.4, -0.2) is 16.5 Å². The Kier molecular flexibility index (Phi) is 3.83. The lowest BCUT2D eigenvalue weighted by Gasteiger charge is -2.26. The molecule has 0 saturated heterocycles. The molecule has 0 atom stereocenters. The molecule has 0 aliphatic carbocycles. The second-order valence-corrected chi connectivity index (χ2v) is 6.91. The molecular formula is C13H17BrN2S. The van der Waals surface area contributed by atoms with Gasteiger partial charge in [-0.05, 0) is 44.9 Å². The Hall–Kier alpha value is -0.480. The van der Waals surface area contributed by atoms with Crippen LogP contribution in [0.3, 0.4) is 0 Å². The molecule has 92 valence electrons. The zero-order valence-corrected chi connectivity index (χ0v) is 12.8. The smallest absolute Gasteiger partial charge is 0.161 e. The van der Waals surface area contributed by atoms with E-state index in [0.717, 1.165) is 27.5 Å². The molecule has 4 heteroatoms. The maximum absolute atomic E-state index is 4.73. The summed E-state index contributed by atoms with van der Waals surface area (Å²) >= 11 is 5.30. The standard InChI is InChI=1S/C13H17BrN2S/c1-9-4-5-10(14)8-11(9)15-12-16-13(2,3)6-7-17-12/h4-5,8H,6-7H2,1-3H3,(H,15,16). The van der Waals surface area contributed by atoms with Crippen molar-refractivity contribution in [3.63, 3.8) is 0 Å². The van der Waals surface area contributed by atoms with E-state index in [0.29, 0.717) is 0 Å². The van der Waals surface area contributed by atoms with E-state index in [4.69, 9.17) is 4.99 Å². The molecule has 0 amide bonds. The highest BCUT2D eigenvalue weighted by atomic mass is 79.9. The lowest BCUT2D eigenvalue weighted by molar-refractivity contribution is 0.507. The summed E-state index contributed by atoms with van der Waals surface area (Å²) in [7, 11) is 0. The van der Waals surface area contributed by atoms with Crippen LogP contribution in [0.4, 0.5) is 5.69 Å². The third-order valence-electron chi connectivity index (χ3n) is 2.80. The Morgan fingerprint density at radius 2 is 2.18 bits per heavy atom. The zero-order valence-electron chi connectivity index (χ0n) is 10.4. The van der Waals surface area contributed by atoms with Crippen molar-refractivity contribution in [3.05, 3.63) is 28.2 Å². The summed E-state index contributed by atoms with van der Waals surface area (Å²) in [5, 5.41) is 4.46. The summed E-state index contributed by atoms with van der Waals surface area (Å²) in [5.74, 6) is 1.13. The summed E-state index contributed by atoms with van der Waals surface area (Å²) in [4.78, 5) is 4.73. The van der Waals surface area contributed by atoms with Gasteiger partial charge in [-0.25, -0.2) is 0 Å². The molecule has 0 fully saturated rings. The maximum Gasteiger partial charge on any atom is 0.161 e. The molecule has 1 aliphatic rings. The van der Waals surface area contributed by atoms with Crippen LogP contribution in [0, 0.1) is 6.92 Å². The van der Waals surface area contributed by atoms with E-state index >= 15 is 0 Å². The number of amidine groups is 1. The van der Waals surface area contributed by atoms with Gasteiger partial charge >= 0.3 is 0 Å². The van der Waals surface area contributed by atoms with Gasteiger partial charge in [0.25, 0.3) is 0 Å². The van der Waals surface area contributed by atoms with Crippen molar-refractivity contribution in [1.82, 2.24) is 0 Å². The molecule has 0 aromatic heterocycles. The zero-order chi connectivity index (χ0) is 12.5.